The fraction of sp³-hybridized carbons (Fsp3) is 0.133. The molecule has 0 aromatic heterocycles. The molecule has 0 saturated heterocycles. The third-order valence-corrected chi connectivity index (χ3v) is 5.66. The van der Waals surface area contributed by atoms with Crippen LogP contribution in [-0.2, 0) is 12.8 Å². The van der Waals surface area contributed by atoms with Gasteiger partial charge in [-0.05, 0) is 63.8 Å². The fourth-order valence-corrected chi connectivity index (χ4v) is 3.95. The second kappa shape index (κ2) is 9.89. The number of hydrogen-bond donors (Lipinski definition) is 0. The summed E-state index contributed by atoms with van der Waals surface area (Å²) in [5.74, 6) is 0. The van der Waals surface area contributed by atoms with Gasteiger partial charge in [0.25, 0.3) is 0 Å². The van der Waals surface area contributed by atoms with Crippen LogP contribution in [0, 0.1) is 6.92 Å². The largest absolute Gasteiger partial charge is 0.0801 e. The van der Waals surface area contributed by atoms with Gasteiger partial charge in [-0.3, -0.25) is 0 Å². The number of aryl methyl sites for hydroxylation is 2. The zero-order valence-electron chi connectivity index (χ0n) is 17.6. The zero-order valence-corrected chi connectivity index (χ0v) is 17.6. The molecule has 0 heterocycles. The molecule has 148 valence electrons. The minimum Gasteiger partial charge on any atom is -0.0801 e. The predicted molar refractivity (Wildman–Crippen MR) is 131 cm³/mol. The molecule has 0 atom stereocenters. The van der Waals surface area contributed by atoms with Crippen molar-refractivity contribution >= 4 is 24.3 Å². The van der Waals surface area contributed by atoms with E-state index in [1.165, 1.54) is 44.0 Å². The molecular weight excluding hydrogens is 360 g/mol. The first-order valence-electron chi connectivity index (χ1n) is 10.7. The van der Waals surface area contributed by atoms with Crippen LogP contribution < -0.4 is 20.9 Å². The molecule has 0 fully saturated rings. The zero-order chi connectivity index (χ0) is 20.6. The molecule has 0 radical (unpaired) electrons. The topological polar surface area (TPSA) is 0 Å². The monoisotopic (exact) mass is 388 g/mol. The van der Waals surface area contributed by atoms with Crippen LogP contribution >= 0.6 is 0 Å². The van der Waals surface area contributed by atoms with Crippen LogP contribution in [0.1, 0.15) is 23.1 Å². The van der Waals surface area contributed by atoms with E-state index in [2.05, 4.69) is 122 Å². The summed E-state index contributed by atoms with van der Waals surface area (Å²) in [7, 11) is 0. The first kappa shape index (κ1) is 19.9. The van der Waals surface area contributed by atoms with Crippen molar-refractivity contribution in [2.24, 2.45) is 0 Å². The fourth-order valence-electron chi connectivity index (χ4n) is 3.95. The van der Waals surface area contributed by atoms with E-state index in [-0.39, 0.29) is 0 Å². The summed E-state index contributed by atoms with van der Waals surface area (Å²) < 4.78 is 0. The van der Waals surface area contributed by atoms with Gasteiger partial charge in [0, 0.05) is 0 Å². The van der Waals surface area contributed by atoms with Crippen LogP contribution in [0.25, 0.3) is 24.3 Å². The maximum Gasteiger partial charge on any atom is -0.00917 e. The molecule has 0 amide bonds. The average molecular weight is 389 g/mol. The molecule has 0 aliphatic heterocycles. The van der Waals surface area contributed by atoms with Crippen molar-refractivity contribution in [3.63, 3.8) is 0 Å². The number of benzene rings is 3. The summed E-state index contributed by atoms with van der Waals surface area (Å²) in [5, 5.41) is 5.19. The molecule has 0 unspecified atom stereocenters. The smallest absolute Gasteiger partial charge is 0.00917 e. The van der Waals surface area contributed by atoms with E-state index in [4.69, 9.17) is 0 Å². The molecule has 0 heteroatoms. The van der Waals surface area contributed by atoms with Crippen LogP contribution in [0.2, 0.25) is 0 Å². The normalized spacial score (nSPS) is 15.3. The molecule has 0 bridgehead atoms. The Bertz CT molecular complexity index is 1320. The van der Waals surface area contributed by atoms with Gasteiger partial charge < -0.3 is 0 Å². The van der Waals surface area contributed by atoms with Gasteiger partial charge in [-0.15, -0.1) is 0 Å². The number of allylic oxidation sites excluding steroid dienone is 4. The van der Waals surface area contributed by atoms with Crippen LogP contribution in [0.3, 0.4) is 0 Å². The Balaban J connectivity index is 1.54. The summed E-state index contributed by atoms with van der Waals surface area (Å²) in [6.45, 7) is 2.17. The summed E-state index contributed by atoms with van der Waals surface area (Å²) in [5.41, 5.74) is 4.20. The van der Waals surface area contributed by atoms with E-state index in [0.29, 0.717) is 0 Å². The highest BCUT2D eigenvalue weighted by molar-refractivity contribution is 5.62. The van der Waals surface area contributed by atoms with Crippen LogP contribution in [-0.4, -0.2) is 0 Å². The van der Waals surface area contributed by atoms with Gasteiger partial charge >= 0.3 is 0 Å². The lowest BCUT2D eigenvalue weighted by atomic mass is 10.1. The van der Waals surface area contributed by atoms with Crippen LogP contribution in [0.4, 0.5) is 0 Å². The van der Waals surface area contributed by atoms with Gasteiger partial charge in [-0.2, -0.15) is 0 Å². The first-order chi connectivity index (χ1) is 14.8. The lowest BCUT2D eigenvalue weighted by molar-refractivity contribution is 1.08. The molecule has 1 aliphatic carbocycles. The van der Waals surface area contributed by atoms with Crippen molar-refractivity contribution in [1.29, 1.82) is 0 Å². The molecule has 3 aromatic carbocycles. The highest BCUT2D eigenvalue weighted by atomic mass is 14.1. The molecule has 0 nitrogen and oxygen atoms in total. The van der Waals surface area contributed by atoms with E-state index < -0.39 is 0 Å². The molecule has 1 aliphatic rings. The summed E-state index contributed by atoms with van der Waals surface area (Å²) in [4.78, 5) is 0. The Morgan fingerprint density at radius 3 is 2.30 bits per heavy atom. The first-order valence-corrected chi connectivity index (χ1v) is 10.7. The average Bonchev–Trinajstić information content (AvgIpc) is 3.26. The van der Waals surface area contributed by atoms with E-state index in [9.17, 15) is 0 Å². The second-order valence-electron chi connectivity index (χ2n) is 7.74. The highest BCUT2D eigenvalue weighted by Crippen LogP contribution is 2.08. The van der Waals surface area contributed by atoms with Crippen molar-refractivity contribution in [1.82, 2.24) is 0 Å². The van der Waals surface area contributed by atoms with Crippen LogP contribution in [0.15, 0.2) is 91.0 Å². The molecule has 0 saturated carbocycles. The van der Waals surface area contributed by atoms with Gasteiger partial charge in [-0.25, -0.2) is 0 Å². The van der Waals surface area contributed by atoms with E-state index >= 15 is 0 Å². The number of rotatable bonds is 5. The van der Waals surface area contributed by atoms with E-state index in [0.717, 1.165) is 12.8 Å². The Morgan fingerprint density at radius 1 is 0.700 bits per heavy atom. The minimum atomic E-state index is 0.967. The van der Waals surface area contributed by atoms with Crippen molar-refractivity contribution in [2.45, 2.75) is 26.2 Å². The van der Waals surface area contributed by atoms with Gasteiger partial charge in [0.1, 0.15) is 0 Å². The van der Waals surface area contributed by atoms with E-state index in [1.807, 2.05) is 0 Å². The third kappa shape index (κ3) is 4.96. The Kier molecular flexibility index (Phi) is 6.57. The Labute approximate surface area is 179 Å². The minimum absolute atomic E-state index is 0.967. The Morgan fingerprint density at radius 2 is 1.43 bits per heavy atom. The molecule has 30 heavy (non-hydrogen) atoms. The van der Waals surface area contributed by atoms with Gasteiger partial charge in [-0.1, -0.05) is 115 Å². The second-order valence-corrected chi connectivity index (χ2v) is 7.74. The summed E-state index contributed by atoms with van der Waals surface area (Å²) in [6.07, 6.45) is 20.9. The lowest BCUT2D eigenvalue weighted by Crippen LogP contribution is -2.27. The van der Waals surface area contributed by atoms with Gasteiger partial charge in [0.05, 0.1) is 0 Å². The van der Waals surface area contributed by atoms with Crippen molar-refractivity contribution in [3.8, 4) is 0 Å². The van der Waals surface area contributed by atoms with Crippen molar-refractivity contribution in [3.05, 3.63) is 129 Å². The predicted octanol–water partition coefficient (Wildman–Crippen LogP) is 4.12. The quantitative estimate of drug-likeness (QED) is 0.577. The van der Waals surface area contributed by atoms with Gasteiger partial charge in [0.15, 0.2) is 0 Å². The SMILES string of the molecule is Cc1ccccc1C/C=C/C=C/C=c1\cccc\c1=C/C=c1\cccc2c1=CCC2. The summed E-state index contributed by atoms with van der Waals surface area (Å²) >= 11 is 0. The van der Waals surface area contributed by atoms with Crippen molar-refractivity contribution in [2.75, 3.05) is 0 Å². The maximum atomic E-state index is 2.36. The molecular formula is C30H28. The van der Waals surface area contributed by atoms with Crippen molar-refractivity contribution < 1.29 is 0 Å². The number of hydrogen-bond acceptors (Lipinski definition) is 0. The molecule has 3 aromatic rings. The Hall–Kier alpha value is -3.38. The standard InChI is InChI=1S/C30H28/c1-24-12-6-7-14-25(24)13-4-2-3-5-15-26-16-8-9-17-27(26)22-23-29-19-10-18-28-20-11-21-30(28)29/h2-10,12,14-19,21-23H,11,13,20H2,1H3/b4-2+,5-3+,26-15+,27-22+,29-23+. The van der Waals surface area contributed by atoms with E-state index in [1.54, 1.807) is 0 Å². The third-order valence-electron chi connectivity index (χ3n) is 5.66. The summed E-state index contributed by atoms with van der Waals surface area (Å²) in [6, 6.07) is 23.7. The highest BCUT2D eigenvalue weighted by Gasteiger charge is 2.01. The molecule has 0 N–H and O–H groups in total. The van der Waals surface area contributed by atoms with Gasteiger partial charge in [0.2, 0.25) is 0 Å². The molecule has 0 spiro atoms. The lowest BCUT2D eigenvalue weighted by Gasteiger charge is -2.00. The maximum absolute atomic E-state index is 2.36. The number of fused-ring (bicyclic) bond motifs is 1. The molecule has 4 rings (SSSR count). The van der Waals surface area contributed by atoms with Crippen LogP contribution in [0.5, 0.6) is 0 Å².